The zero-order chi connectivity index (χ0) is 22.1. The lowest BCUT2D eigenvalue weighted by molar-refractivity contribution is 0.0730. The number of benzene rings is 1. The Bertz CT molecular complexity index is 1200. The Hall–Kier alpha value is -1.72. The van der Waals surface area contributed by atoms with E-state index in [9.17, 15) is 8.42 Å². The van der Waals surface area contributed by atoms with Gasteiger partial charge in [0.1, 0.15) is 0 Å². The molecule has 10 heteroatoms. The Labute approximate surface area is 196 Å². The van der Waals surface area contributed by atoms with Crippen molar-refractivity contribution < 1.29 is 17.6 Å². The van der Waals surface area contributed by atoms with Crippen molar-refractivity contribution >= 4 is 33.1 Å². The van der Waals surface area contributed by atoms with Crippen LogP contribution in [0.2, 0.25) is 0 Å². The number of ether oxygens (including phenoxy) is 1. The molecule has 1 aromatic carbocycles. The molecule has 3 aromatic rings. The van der Waals surface area contributed by atoms with Gasteiger partial charge in [-0.2, -0.15) is 4.31 Å². The molecule has 1 unspecified atom stereocenters. The minimum absolute atomic E-state index is 0.308. The van der Waals surface area contributed by atoms with Crippen molar-refractivity contribution in [3.63, 3.8) is 0 Å². The van der Waals surface area contributed by atoms with E-state index in [1.165, 1.54) is 32.9 Å². The van der Waals surface area contributed by atoms with Gasteiger partial charge in [-0.3, -0.25) is 0 Å². The molecule has 2 aliphatic rings. The minimum Gasteiger partial charge on any atom is -0.410 e. The van der Waals surface area contributed by atoms with E-state index in [1.807, 2.05) is 6.07 Å². The van der Waals surface area contributed by atoms with Gasteiger partial charge in [-0.05, 0) is 54.5 Å². The summed E-state index contributed by atoms with van der Waals surface area (Å²) >= 11 is 3.17. The lowest BCUT2D eigenvalue weighted by atomic mass is 9.90. The quantitative estimate of drug-likeness (QED) is 0.477. The van der Waals surface area contributed by atoms with Gasteiger partial charge in [0.2, 0.25) is 10.0 Å². The predicted octanol–water partition coefficient (Wildman–Crippen LogP) is 4.24. The standard InChI is InChI=1S/C22H25N3O4S3/c1-15-5-6-19-17(11-15)13-20(31-19)21-23-24-22(29-21)30-14-16-3-2-4-18(12-16)32(26,27)25-7-9-28-10-8-25/h2-4,12-13,15H,5-11,14H2,1H3. The van der Waals surface area contributed by atoms with E-state index in [0.29, 0.717) is 48.1 Å². The number of thiophene rings is 1. The van der Waals surface area contributed by atoms with E-state index in [2.05, 4.69) is 23.2 Å². The molecule has 5 rings (SSSR count). The smallest absolute Gasteiger partial charge is 0.277 e. The van der Waals surface area contributed by atoms with Crippen LogP contribution in [-0.4, -0.2) is 49.2 Å². The highest BCUT2D eigenvalue weighted by Crippen LogP contribution is 2.37. The topological polar surface area (TPSA) is 85.5 Å². The molecule has 1 aliphatic heterocycles. The summed E-state index contributed by atoms with van der Waals surface area (Å²) < 4.78 is 38.5. The van der Waals surface area contributed by atoms with Gasteiger partial charge >= 0.3 is 0 Å². The second-order valence-corrected chi connectivity index (χ2v) is 12.2. The summed E-state index contributed by atoms with van der Waals surface area (Å²) in [5.41, 5.74) is 2.30. The van der Waals surface area contributed by atoms with Crippen molar-refractivity contribution in [2.45, 2.75) is 42.1 Å². The van der Waals surface area contributed by atoms with Crippen LogP contribution in [0.4, 0.5) is 0 Å². The molecule has 0 bridgehead atoms. The van der Waals surface area contributed by atoms with Gasteiger partial charge in [0.05, 0.1) is 23.0 Å². The van der Waals surface area contributed by atoms with Crippen LogP contribution in [0.15, 0.2) is 44.9 Å². The minimum atomic E-state index is -3.51. The first-order valence-corrected chi connectivity index (χ1v) is 14.0. The zero-order valence-electron chi connectivity index (χ0n) is 17.8. The zero-order valence-corrected chi connectivity index (χ0v) is 20.3. The van der Waals surface area contributed by atoms with Crippen LogP contribution in [0.5, 0.6) is 0 Å². The highest BCUT2D eigenvalue weighted by atomic mass is 32.2. The summed E-state index contributed by atoms with van der Waals surface area (Å²) in [7, 11) is -3.51. The lowest BCUT2D eigenvalue weighted by Gasteiger charge is -2.26. The first-order valence-electron chi connectivity index (χ1n) is 10.7. The summed E-state index contributed by atoms with van der Waals surface area (Å²) in [6.07, 6.45) is 3.48. The molecule has 3 heterocycles. The summed E-state index contributed by atoms with van der Waals surface area (Å²) in [6.45, 7) is 3.93. The van der Waals surface area contributed by atoms with Crippen molar-refractivity contribution in [2.24, 2.45) is 5.92 Å². The third-order valence-electron chi connectivity index (χ3n) is 5.82. The highest BCUT2D eigenvalue weighted by molar-refractivity contribution is 7.98. The lowest BCUT2D eigenvalue weighted by Crippen LogP contribution is -2.40. The van der Waals surface area contributed by atoms with Gasteiger partial charge in [-0.1, -0.05) is 30.8 Å². The Morgan fingerprint density at radius 2 is 2.06 bits per heavy atom. The van der Waals surface area contributed by atoms with Crippen LogP contribution in [0, 0.1) is 5.92 Å². The third kappa shape index (κ3) is 4.65. The van der Waals surface area contributed by atoms with Crippen molar-refractivity contribution in [1.82, 2.24) is 14.5 Å². The molecule has 1 atom stereocenters. The SMILES string of the molecule is CC1CCc2sc(-c3nnc(SCc4cccc(S(=O)(=O)N5CCOCC5)c4)o3)cc2C1. The number of aromatic nitrogens is 2. The molecule has 0 N–H and O–H groups in total. The van der Waals surface area contributed by atoms with Crippen molar-refractivity contribution in [2.75, 3.05) is 26.3 Å². The number of nitrogens with zero attached hydrogens (tertiary/aromatic N) is 3. The number of morpholine rings is 1. The Balaban J connectivity index is 1.26. The van der Waals surface area contributed by atoms with Crippen molar-refractivity contribution in [3.8, 4) is 10.8 Å². The van der Waals surface area contributed by atoms with Crippen LogP contribution in [0.3, 0.4) is 0 Å². The molecular formula is C22H25N3O4S3. The summed E-state index contributed by atoms with van der Waals surface area (Å²) in [4.78, 5) is 2.77. The number of thioether (sulfide) groups is 1. The average molecular weight is 492 g/mol. The number of hydrogen-bond donors (Lipinski definition) is 0. The Kier molecular flexibility index (Phi) is 6.39. The molecule has 0 amide bonds. The van der Waals surface area contributed by atoms with Gasteiger partial charge in [0.25, 0.3) is 11.1 Å². The monoisotopic (exact) mass is 491 g/mol. The van der Waals surface area contributed by atoms with Gasteiger partial charge in [0, 0.05) is 23.7 Å². The third-order valence-corrected chi connectivity index (χ3v) is 9.82. The maximum atomic E-state index is 12.9. The van der Waals surface area contributed by atoms with Gasteiger partial charge < -0.3 is 9.15 Å². The number of hydrogen-bond acceptors (Lipinski definition) is 8. The fourth-order valence-electron chi connectivity index (χ4n) is 4.06. The molecule has 0 spiro atoms. The van der Waals surface area contributed by atoms with Crippen molar-refractivity contribution in [3.05, 3.63) is 46.3 Å². The van der Waals surface area contributed by atoms with E-state index in [4.69, 9.17) is 9.15 Å². The second kappa shape index (κ2) is 9.26. The first-order chi connectivity index (χ1) is 15.5. The number of rotatable bonds is 6. The van der Waals surface area contributed by atoms with Gasteiger partial charge in [-0.15, -0.1) is 21.5 Å². The maximum absolute atomic E-state index is 12.9. The maximum Gasteiger partial charge on any atom is 0.277 e. The fraction of sp³-hybridized carbons (Fsp3) is 0.455. The summed E-state index contributed by atoms with van der Waals surface area (Å²) in [5.74, 6) is 1.83. The molecule has 0 saturated carbocycles. The number of sulfonamides is 1. The predicted molar refractivity (Wildman–Crippen MR) is 124 cm³/mol. The molecule has 170 valence electrons. The van der Waals surface area contributed by atoms with Gasteiger partial charge in [-0.25, -0.2) is 8.42 Å². The van der Waals surface area contributed by atoms with E-state index in [1.54, 1.807) is 29.5 Å². The molecule has 32 heavy (non-hydrogen) atoms. The molecule has 7 nitrogen and oxygen atoms in total. The molecule has 1 aliphatic carbocycles. The highest BCUT2D eigenvalue weighted by Gasteiger charge is 2.26. The summed E-state index contributed by atoms with van der Waals surface area (Å²) in [5, 5.41) is 8.91. The van der Waals surface area contributed by atoms with Crippen LogP contribution >= 0.6 is 23.1 Å². The van der Waals surface area contributed by atoms with Crippen LogP contribution in [0.25, 0.3) is 10.8 Å². The molecule has 1 fully saturated rings. The Morgan fingerprint density at radius 3 is 2.91 bits per heavy atom. The van der Waals surface area contributed by atoms with Crippen LogP contribution in [0.1, 0.15) is 29.3 Å². The average Bonchev–Trinajstić information content (AvgIpc) is 3.45. The van der Waals surface area contributed by atoms with E-state index >= 15 is 0 Å². The van der Waals surface area contributed by atoms with E-state index in [-0.39, 0.29) is 0 Å². The summed E-state index contributed by atoms with van der Waals surface area (Å²) in [6, 6.07) is 9.25. The number of fused-ring (bicyclic) bond motifs is 1. The van der Waals surface area contributed by atoms with E-state index < -0.39 is 10.0 Å². The second-order valence-electron chi connectivity index (χ2n) is 8.23. The van der Waals surface area contributed by atoms with E-state index in [0.717, 1.165) is 29.2 Å². The molecular weight excluding hydrogens is 466 g/mol. The van der Waals surface area contributed by atoms with Crippen LogP contribution < -0.4 is 0 Å². The Morgan fingerprint density at radius 1 is 1.22 bits per heavy atom. The largest absolute Gasteiger partial charge is 0.410 e. The normalized spacial score (nSPS) is 19.7. The van der Waals surface area contributed by atoms with Crippen molar-refractivity contribution in [1.29, 1.82) is 0 Å². The first kappa shape index (κ1) is 22.1. The van der Waals surface area contributed by atoms with Crippen LogP contribution in [-0.2, 0) is 33.4 Å². The van der Waals surface area contributed by atoms with Gasteiger partial charge in [0.15, 0.2) is 0 Å². The molecule has 1 saturated heterocycles. The molecule has 0 radical (unpaired) electrons. The number of aryl methyl sites for hydroxylation is 1. The molecule has 2 aromatic heterocycles. The fourth-order valence-corrected chi connectivity index (χ4v) is 7.37.